The van der Waals surface area contributed by atoms with E-state index in [0.29, 0.717) is 17.2 Å². The average Bonchev–Trinajstić information content (AvgIpc) is 2.69. The van der Waals surface area contributed by atoms with Crippen LogP contribution in [0.3, 0.4) is 0 Å². The molecule has 2 rings (SSSR count). The normalized spacial score (nSPS) is 18.4. The minimum atomic E-state index is -1.03. The monoisotopic (exact) mass is 297 g/mol. The number of nitrogens with one attached hydrogen (secondary N) is 1. The molecule has 0 spiro atoms. The third-order valence-electron chi connectivity index (χ3n) is 3.95. The predicted molar refractivity (Wildman–Crippen MR) is 78.1 cm³/mol. The summed E-state index contributed by atoms with van der Waals surface area (Å²) < 4.78 is 5.63. The molecule has 1 atom stereocenters. The van der Waals surface area contributed by atoms with Crippen molar-refractivity contribution in [2.24, 2.45) is 0 Å². The van der Waals surface area contributed by atoms with Crippen LogP contribution in [-0.4, -0.2) is 28.3 Å². The van der Waals surface area contributed by atoms with Gasteiger partial charge in [0.05, 0.1) is 11.1 Å². The summed E-state index contributed by atoms with van der Waals surface area (Å²) in [6, 6.07) is 5.32. The molecular weight excluding hydrogens is 278 g/mol. The highest BCUT2D eigenvalue weighted by molar-refractivity contribution is 6.30. The third-order valence-corrected chi connectivity index (χ3v) is 4.19. The Morgan fingerprint density at radius 1 is 1.40 bits per heavy atom. The van der Waals surface area contributed by atoms with Gasteiger partial charge in [0.15, 0.2) is 6.10 Å². The van der Waals surface area contributed by atoms with Gasteiger partial charge in [0, 0.05) is 11.4 Å². The summed E-state index contributed by atoms with van der Waals surface area (Å²) in [6.07, 6.45) is -0.0889. The van der Waals surface area contributed by atoms with Crippen LogP contribution in [0, 0.1) is 0 Å². The Morgan fingerprint density at radius 2 is 2.05 bits per heavy atom. The molecule has 1 heterocycles. The van der Waals surface area contributed by atoms with Crippen LogP contribution in [0.2, 0.25) is 5.02 Å². The first-order valence-electron chi connectivity index (χ1n) is 6.60. The fourth-order valence-electron chi connectivity index (χ4n) is 1.90. The van der Waals surface area contributed by atoms with Crippen molar-refractivity contribution in [3.05, 3.63) is 28.8 Å². The van der Waals surface area contributed by atoms with Gasteiger partial charge in [-0.3, -0.25) is 4.79 Å². The Labute approximate surface area is 124 Å². The zero-order valence-corrected chi connectivity index (χ0v) is 12.9. The van der Waals surface area contributed by atoms with Crippen LogP contribution < -0.4 is 10.1 Å². The van der Waals surface area contributed by atoms with Crippen molar-refractivity contribution in [2.75, 3.05) is 0 Å². The van der Waals surface area contributed by atoms with Gasteiger partial charge in [-0.2, -0.15) is 0 Å². The summed E-state index contributed by atoms with van der Waals surface area (Å²) in [7, 11) is 0. The fourth-order valence-corrected chi connectivity index (χ4v) is 2.10. The molecule has 110 valence electrons. The van der Waals surface area contributed by atoms with Crippen LogP contribution in [0.4, 0.5) is 0 Å². The summed E-state index contributed by atoms with van der Waals surface area (Å²) in [5.74, 6) is 0.458. The van der Waals surface area contributed by atoms with E-state index in [1.807, 2.05) is 6.07 Å². The second-order valence-corrected chi connectivity index (χ2v) is 6.67. The molecule has 1 unspecified atom stereocenters. The SMILES string of the molecule is CC(C)(O)C(C)(C)NC(=O)C1Cc2cc(Cl)ccc2O1. The molecule has 0 fully saturated rings. The van der Waals surface area contributed by atoms with Gasteiger partial charge < -0.3 is 15.2 Å². The van der Waals surface area contributed by atoms with E-state index in [2.05, 4.69) is 5.32 Å². The van der Waals surface area contributed by atoms with Gasteiger partial charge in [-0.1, -0.05) is 11.6 Å². The highest BCUT2D eigenvalue weighted by atomic mass is 35.5. The van der Waals surface area contributed by atoms with E-state index >= 15 is 0 Å². The molecule has 0 radical (unpaired) electrons. The highest BCUT2D eigenvalue weighted by Crippen LogP contribution is 2.31. The molecule has 1 amide bonds. The van der Waals surface area contributed by atoms with E-state index < -0.39 is 17.2 Å². The number of carbonyl (C=O) groups excluding carboxylic acids is 1. The maximum absolute atomic E-state index is 12.3. The zero-order valence-electron chi connectivity index (χ0n) is 12.2. The van der Waals surface area contributed by atoms with E-state index in [1.165, 1.54) is 0 Å². The van der Waals surface area contributed by atoms with Crippen molar-refractivity contribution in [2.45, 2.75) is 51.4 Å². The van der Waals surface area contributed by atoms with Gasteiger partial charge in [-0.15, -0.1) is 0 Å². The standard InChI is InChI=1S/C15H20ClNO3/c1-14(2,15(3,4)19)17-13(18)12-8-9-7-10(16)5-6-11(9)20-12/h5-7,12,19H,8H2,1-4H3,(H,17,18). The maximum atomic E-state index is 12.3. The number of hydrogen-bond acceptors (Lipinski definition) is 3. The number of rotatable bonds is 3. The lowest BCUT2D eigenvalue weighted by molar-refractivity contribution is -0.132. The third kappa shape index (κ3) is 2.91. The summed E-state index contributed by atoms with van der Waals surface area (Å²) >= 11 is 5.93. The van der Waals surface area contributed by atoms with E-state index in [1.54, 1.807) is 39.8 Å². The first-order valence-corrected chi connectivity index (χ1v) is 6.97. The summed E-state index contributed by atoms with van der Waals surface area (Å²) in [5.41, 5.74) is -0.851. The lowest BCUT2D eigenvalue weighted by Crippen LogP contribution is -2.60. The van der Waals surface area contributed by atoms with Crippen molar-refractivity contribution in [3.63, 3.8) is 0 Å². The molecule has 0 saturated heterocycles. The summed E-state index contributed by atoms with van der Waals surface area (Å²) in [5, 5.41) is 13.5. The number of carbonyl (C=O) groups is 1. The first-order chi connectivity index (χ1) is 9.10. The zero-order chi connectivity index (χ0) is 15.1. The van der Waals surface area contributed by atoms with Crippen LogP contribution in [-0.2, 0) is 11.2 Å². The minimum absolute atomic E-state index is 0.232. The number of benzene rings is 1. The van der Waals surface area contributed by atoms with Crippen LogP contribution in [0.15, 0.2) is 18.2 Å². The number of ether oxygens (including phenoxy) is 1. The molecule has 1 aromatic carbocycles. The smallest absolute Gasteiger partial charge is 0.261 e. The van der Waals surface area contributed by atoms with Crippen LogP contribution in [0.5, 0.6) is 5.75 Å². The van der Waals surface area contributed by atoms with Crippen LogP contribution in [0.1, 0.15) is 33.3 Å². The van der Waals surface area contributed by atoms with E-state index in [9.17, 15) is 9.90 Å². The Bertz CT molecular complexity index is 534. The molecule has 4 nitrogen and oxygen atoms in total. The molecule has 1 aliphatic heterocycles. The molecule has 0 aliphatic carbocycles. The minimum Gasteiger partial charge on any atom is -0.480 e. The molecule has 1 aromatic rings. The molecule has 1 aliphatic rings. The van der Waals surface area contributed by atoms with Crippen LogP contribution in [0.25, 0.3) is 0 Å². The van der Waals surface area contributed by atoms with E-state index in [0.717, 1.165) is 5.56 Å². The summed E-state index contributed by atoms with van der Waals surface area (Å²) in [4.78, 5) is 12.3. The van der Waals surface area contributed by atoms with Crippen LogP contribution >= 0.6 is 11.6 Å². The summed E-state index contributed by atoms with van der Waals surface area (Å²) in [6.45, 7) is 6.89. The van der Waals surface area contributed by atoms with Crippen molar-refractivity contribution in [3.8, 4) is 5.75 Å². The molecule has 0 bridgehead atoms. The number of hydrogen-bond donors (Lipinski definition) is 2. The fraction of sp³-hybridized carbons (Fsp3) is 0.533. The molecular formula is C15H20ClNO3. The highest BCUT2D eigenvalue weighted by Gasteiger charge is 2.39. The number of amides is 1. The van der Waals surface area contributed by atoms with Gasteiger partial charge in [-0.05, 0) is 51.5 Å². The van der Waals surface area contributed by atoms with Gasteiger partial charge >= 0.3 is 0 Å². The maximum Gasteiger partial charge on any atom is 0.261 e. The molecule has 0 saturated carbocycles. The number of halogens is 1. The molecule has 20 heavy (non-hydrogen) atoms. The lowest BCUT2D eigenvalue weighted by atomic mass is 9.85. The van der Waals surface area contributed by atoms with Crippen molar-refractivity contribution < 1.29 is 14.6 Å². The second kappa shape index (κ2) is 4.93. The van der Waals surface area contributed by atoms with Gasteiger partial charge in [0.1, 0.15) is 5.75 Å². The van der Waals surface area contributed by atoms with Gasteiger partial charge in [0.25, 0.3) is 5.91 Å². The number of fused-ring (bicyclic) bond motifs is 1. The largest absolute Gasteiger partial charge is 0.480 e. The Morgan fingerprint density at radius 3 is 2.65 bits per heavy atom. The number of aliphatic hydroxyl groups is 1. The van der Waals surface area contributed by atoms with Crippen molar-refractivity contribution in [1.82, 2.24) is 5.32 Å². The topological polar surface area (TPSA) is 58.6 Å². The Hall–Kier alpha value is -1.26. The van der Waals surface area contributed by atoms with E-state index in [4.69, 9.17) is 16.3 Å². The predicted octanol–water partition coefficient (Wildman–Crippen LogP) is 2.31. The van der Waals surface area contributed by atoms with Crippen molar-refractivity contribution >= 4 is 17.5 Å². The molecule has 5 heteroatoms. The van der Waals surface area contributed by atoms with Crippen molar-refractivity contribution in [1.29, 1.82) is 0 Å². The average molecular weight is 298 g/mol. The first kappa shape index (κ1) is 15.1. The molecule has 0 aromatic heterocycles. The molecule has 2 N–H and O–H groups in total. The lowest BCUT2D eigenvalue weighted by Gasteiger charge is -2.38. The second-order valence-electron chi connectivity index (χ2n) is 6.24. The quantitative estimate of drug-likeness (QED) is 0.900. The Balaban J connectivity index is 2.07. The van der Waals surface area contributed by atoms with Gasteiger partial charge in [-0.25, -0.2) is 0 Å². The van der Waals surface area contributed by atoms with E-state index in [-0.39, 0.29) is 5.91 Å². The van der Waals surface area contributed by atoms with Gasteiger partial charge in [0.2, 0.25) is 0 Å². The Kier molecular flexibility index (Phi) is 3.73.